The van der Waals surface area contributed by atoms with Crippen LogP contribution in [-0.4, -0.2) is 61.4 Å². The molecule has 1 aliphatic rings. The Labute approximate surface area is 110 Å². The lowest BCUT2D eigenvalue weighted by Gasteiger charge is -2.32. The third-order valence-corrected chi connectivity index (χ3v) is 3.28. The molecule has 0 spiro atoms. The van der Waals surface area contributed by atoms with Crippen LogP contribution in [0.4, 0.5) is 0 Å². The van der Waals surface area contributed by atoms with Crippen molar-refractivity contribution >= 4 is 11.7 Å². The highest BCUT2D eigenvalue weighted by atomic mass is 16.1. The minimum absolute atomic E-state index is 0.0949. The Morgan fingerprint density at radius 1 is 1.06 bits per heavy atom. The molecule has 0 aromatic heterocycles. The molecule has 1 N–H and O–H groups in total. The number of rotatable bonds is 7. The maximum absolute atomic E-state index is 11.6. The van der Waals surface area contributed by atoms with Crippen molar-refractivity contribution in [3.63, 3.8) is 0 Å². The minimum Gasteiger partial charge on any atom is -0.343 e. The molecule has 104 valence electrons. The van der Waals surface area contributed by atoms with Crippen LogP contribution in [0.15, 0.2) is 0 Å². The SMILES string of the molecule is CC(=O)CCCCC(=O)NCN1CCN(C)CC1. The molecule has 0 saturated carbocycles. The molecule has 1 saturated heterocycles. The van der Waals surface area contributed by atoms with Crippen LogP contribution in [0.5, 0.6) is 0 Å². The second kappa shape index (κ2) is 8.21. The quantitative estimate of drug-likeness (QED) is 0.671. The van der Waals surface area contributed by atoms with Gasteiger partial charge in [-0.2, -0.15) is 0 Å². The normalized spacial score (nSPS) is 17.7. The molecule has 18 heavy (non-hydrogen) atoms. The number of hydrogen-bond acceptors (Lipinski definition) is 4. The molecule has 0 bridgehead atoms. The standard InChI is InChI=1S/C13H25N3O2/c1-12(17)5-3-4-6-13(18)14-11-16-9-7-15(2)8-10-16/h3-11H2,1-2H3,(H,14,18). The Bertz CT molecular complexity index is 273. The number of nitrogens with zero attached hydrogens (tertiary/aromatic N) is 2. The summed E-state index contributed by atoms with van der Waals surface area (Å²) in [6.45, 7) is 6.40. The highest BCUT2D eigenvalue weighted by Crippen LogP contribution is 2.01. The number of likely N-dealkylation sites (N-methyl/N-ethyl adjacent to an activating group) is 1. The first-order chi connectivity index (χ1) is 8.58. The molecule has 5 heteroatoms. The predicted molar refractivity (Wildman–Crippen MR) is 71.2 cm³/mol. The van der Waals surface area contributed by atoms with Gasteiger partial charge in [-0.1, -0.05) is 0 Å². The van der Waals surface area contributed by atoms with Gasteiger partial charge in [0.2, 0.25) is 5.91 Å². The summed E-state index contributed by atoms with van der Waals surface area (Å²) in [5.74, 6) is 0.297. The lowest BCUT2D eigenvalue weighted by atomic mass is 10.1. The third-order valence-electron chi connectivity index (χ3n) is 3.28. The highest BCUT2D eigenvalue weighted by Gasteiger charge is 2.13. The Hall–Kier alpha value is -0.940. The van der Waals surface area contributed by atoms with Gasteiger partial charge < -0.3 is 15.0 Å². The van der Waals surface area contributed by atoms with Crippen molar-refractivity contribution in [2.75, 3.05) is 39.9 Å². The maximum Gasteiger partial charge on any atom is 0.220 e. The third kappa shape index (κ3) is 6.71. The first kappa shape index (κ1) is 15.1. The van der Waals surface area contributed by atoms with E-state index in [1.165, 1.54) is 0 Å². The van der Waals surface area contributed by atoms with E-state index >= 15 is 0 Å². The fourth-order valence-corrected chi connectivity index (χ4v) is 1.95. The van der Waals surface area contributed by atoms with E-state index in [4.69, 9.17) is 0 Å². The Kier molecular flexibility index (Phi) is 6.90. The van der Waals surface area contributed by atoms with Gasteiger partial charge in [-0.25, -0.2) is 0 Å². The molecule has 0 aliphatic carbocycles. The molecule has 1 amide bonds. The van der Waals surface area contributed by atoms with E-state index in [0.29, 0.717) is 19.5 Å². The van der Waals surface area contributed by atoms with Gasteiger partial charge in [-0.15, -0.1) is 0 Å². The van der Waals surface area contributed by atoms with Gasteiger partial charge in [-0.3, -0.25) is 9.69 Å². The van der Waals surface area contributed by atoms with Gasteiger partial charge in [0, 0.05) is 39.0 Å². The van der Waals surface area contributed by atoms with Crippen molar-refractivity contribution < 1.29 is 9.59 Å². The molecule has 0 aromatic carbocycles. The largest absolute Gasteiger partial charge is 0.343 e. The molecule has 1 aliphatic heterocycles. The molecule has 0 radical (unpaired) electrons. The summed E-state index contributed by atoms with van der Waals surface area (Å²) in [4.78, 5) is 26.8. The number of carbonyl (C=O) groups is 2. The Balaban J connectivity index is 2.01. The molecule has 0 unspecified atom stereocenters. The topological polar surface area (TPSA) is 52.7 Å². The summed E-state index contributed by atoms with van der Waals surface area (Å²) in [6, 6.07) is 0. The van der Waals surface area contributed by atoms with Crippen LogP contribution in [0.3, 0.4) is 0 Å². The lowest BCUT2D eigenvalue weighted by molar-refractivity contribution is -0.122. The van der Waals surface area contributed by atoms with E-state index in [0.717, 1.165) is 39.0 Å². The molecule has 1 heterocycles. The maximum atomic E-state index is 11.6. The highest BCUT2D eigenvalue weighted by molar-refractivity contribution is 5.76. The average molecular weight is 255 g/mol. The van der Waals surface area contributed by atoms with Crippen LogP contribution in [0.25, 0.3) is 0 Å². The summed E-state index contributed by atoms with van der Waals surface area (Å²) in [7, 11) is 2.12. The Morgan fingerprint density at radius 3 is 2.28 bits per heavy atom. The van der Waals surface area contributed by atoms with Crippen LogP contribution in [-0.2, 0) is 9.59 Å². The molecule has 0 aromatic rings. The van der Waals surface area contributed by atoms with Gasteiger partial charge in [0.05, 0.1) is 6.67 Å². The summed E-state index contributed by atoms with van der Waals surface area (Å²) < 4.78 is 0. The zero-order chi connectivity index (χ0) is 13.4. The number of ketones is 1. The number of Topliss-reactive ketones (excluding diaryl/α,β-unsaturated/α-hetero) is 1. The molecule has 0 atom stereocenters. The van der Waals surface area contributed by atoms with E-state index in [1.54, 1.807) is 6.92 Å². The van der Waals surface area contributed by atoms with Gasteiger partial charge in [-0.05, 0) is 26.8 Å². The predicted octanol–water partition coefficient (Wildman–Crippen LogP) is 0.457. The molecule has 1 rings (SSSR count). The summed E-state index contributed by atoms with van der Waals surface area (Å²) in [5, 5.41) is 2.94. The fourth-order valence-electron chi connectivity index (χ4n) is 1.95. The van der Waals surface area contributed by atoms with Crippen LogP contribution >= 0.6 is 0 Å². The van der Waals surface area contributed by atoms with E-state index in [-0.39, 0.29) is 11.7 Å². The van der Waals surface area contributed by atoms with Gasteiger partial charge in [0.1, 0.15) is 5.78 Å². The van der Waals surface area contributed by atoms with Crippen LogP contribution in [0, 0.1) is 0 Å². The number of nitrogens with one attached hydrogen (secondary N) is 1. The smallest absolute Gasteiger partial charge is 0.220 e. The number of amides is 1. The second-order valence-electron chi connectivity index (χ2n) is 5.09. The first-order valence-electron chi connectivity index (χ1n) is 6.75. The Morgan fingerprint density at radius 2 is 1.67 bits per heavy atom. The van der Waals surface area contributed by atoms with Crippen LogP contribution < -0.4 is 5.32 Å². The number of piperazine rings is 1. The summed E-state index contributed by atoms with van der Waals surface area (Å²) in [6.07, 6.45) is 2.73. The first-order valence-corrected chi connectivity index (χ1v) is 6.75. The molecule has 1 fully saturated rings. The number of hydrogen-bond donors (Lipinski definition) is 1. The van der Waals surface area contributed by atoms with Crippen molar-refractivity contribution in [3.05, 3.63) is 0 Å². The van der Waals surface area contributed by atoms with Crippen molar-refractivity contribution in [1.82, 2.24) is 15.1 Å². The summed E-state index contributed by atoms with van der Waals surface area (Å²) >= 11 is 0. The van der Waals surface area contributed by atoms with Crippen molar-refractivity contribution in [3.8, 4) is 0 Å². The monoisotopic (exact) mass is 255 g/mol. The van der Waals surface area contributed by atoms with Crippen LogP contribution in [0.1, 0.15) is 32.6 Å². The van der Waals surface area contributed by atoms with Gasteiger partial charge in [0.25, 0.3) is 0 Å². The second-order valence-corrected chi connectivity index (χ2v) is 5.09. The van der Waals surface area contributed by atoms with E-state index < -0.39 is 0 Å². The van der Waals surface area contributed by atoms with E-state index in [9.17, 15) is 9.59 Å². The van der Waals surface area contributed by atoms with Crippen molar-refractivity contribution in [2.45, 2.75) is 32.6 Å². The minimum atomic E-state index is 0.0949. The number of carbonyl (C=O) groups excluding carboxylic acids is 2. The average Bonchev–Trinajstić information content (AvgIpc) is 2.34. The van der Waals surface area contributed by atoms with Gasteiger partial charge >= 0.3 is 0 Å². The van der Waals surface area contributed by atoms with Gasteiger partial charge in [0.15, 0.2) is 0 Å². The number of unbranched alkanes of at least 4 members (excludes halogenated alkanes) is 1. The molecular formula is C13H25N3O2. The summed E-state index contributed by atoms with van der Waals surface area (Å²) in [5.41, 5.74) is 0. The zero-order valence-electron chi connectivity index (χ0n) is 11.6. The molecular weight excluding hydrogens is 230 g/mol. The van der Waals surface area contributed by atoms with Crippen molar-refractivity contribution in [1.29, 1.82) is 0 Å². The van der Waals surface area contributed by atoms with Crippen LogP contribution in [0.2, 0.25) is 0 Å². The van der Waals surface area contributed by atoms with E-state index in [1.807, 2.05) is 0 Å². The molecule has 5 nitrogen and oxygen atoms in total. The zero-order valence-corrected chi connectivity index (χ0v) is 11.6. The van der Waals surface area contributed by atoms with E-state index in [2.05, 4.69) is 22.2 Å². The lowest BCUT2D eigenvalue weighted by Crippen LogP contribution is -2.48. The van der Waals surface area contributed by atoms with Crippen molar-refractivity contribution in [2.24, 2.45) is 0 Å². The fraction of sp³-hybridized carbons (Fsp3) is 0.846.